The maximum absolute atomic E-state index is 10.3. The van der Waals surface area contributed by atoms with Gasteiger partial charge in [0.05, 0.1) is 6.61 Å². The van der Waals surface area contributed by atoms with Crippen LogP contribution >= 0.6 is 12.2 Å². The van der Waals surface area contributed by atoms with Gasteiger partial charge in [0.15, 0.2) is 0 Å². The summed E-state index contributed by atoms with van der Waals surface area (Å²) in [5.41, 5.74) is 0. The van der Waals surface area contributed by atoms with E-state index in [9.17, 15) is 4.79 Å². The predicted molar refractivity (Wildman–Crippen MR) is 38.0 cm³/mol. The first kappa shape index (κ1) is 7.43. The van der Waals surface area contributed by atoms with Crippen molar-refractivity contribution in [2.45, 2.75) is 6.10 Å². The molecule has 1 atom stereocenters. The monoisotopic (exact) mass is 161 g/mol. The Labute approximate surface area is 63.2 Å². The molecule has 0 radical (unpaired) electrons. The molecule has 56 valence electrons. The summed E-state index contributed by atoms with van der Waals surface area (Å²) in [5.74, 6) is -1.03. The van der Waals surface area contributed by atoms with Crippen LogP contribution in [0, 0.1) is 0 Å². The minimum Gasteiger partial charge on any atom is -0.479 e. The van der Waals surface area contributed by atoms with Crippen molar-refractivity contribution in [2.75, 3.05) is 13.2 Å². The van der Waals surface area contributed by atoms with Crippen molar-refractivity contribution in [1.82, 2.24) is 5.32 Å². The van der Waals surface area contributed by atoms with Crippen LogP contribution in [0.2, 0.25) is 0 Å². The van der Waals surface area contributed by atoms with Gasteiger partial charge < -0.3 is 15.2 Å². The van der Waals surface area contributed by atoms with E-state index in [1.165, 1.54) is 0 Å². The van der Waals surface area contributed by atoms with E-state index in [1.54, 1.807) is 0 Å². The van der Waals surface area contributed by atoms with Gasteiger partial charge in [0, 0.05) is 6.54 Å². The zero-order valence-electron chi connectivity index (χ0n) is 5.16. The highest BCUT2D eigenvalue weighted by Gasteiger charge is 2.25. The molecule has 1 saturated heterocycles. The van der Waals surface area contributed by atoms with Gasteiger partial charge in [0.2, 0.25) is 6.10 Å². The van der Waals surface area contributed by atoms with E-state index in [2.05, 4.69) is 17.5 Å². The average molecular weight is 161 g/mol. The predicted octanol–water partition coefficient (Wildman–Crippen LogP) is -0.613. The van der Waals surface area contributed by atoms with Crippen molar-refractivity contribution in [2.24, 2.45) is 0 Å². The molecule has 0 aromatic heterocycles. The van der Waals surface area contributed by atoms with Gasteiger partial charge in [0.25, 0.3) is 0 Å². The summed E-state index contributed by atoms with van der Waals surface area (Å²) in [4.78, 5) is 10.6. The van der Waals surface area contributed by atoms with E-state index < -0.39 is 12.1 Å². The summed E-state index contributed by atoms with van der Waals surface area (Å²) in [6.45, 7) is 1.000. The first-order chi connectivity index (χ1) is 4.72. The van der Waals surface area contributed by atoms with Crippen molar-refractivity contribution < 1.29 is 14.6 Å². The lowest BCUT2D eigenvalue weighted by Gasteiger charge is -2.21. The van der Waals surface area contributed by atoms with Gasteiger partial charge in [0.1, 0.15) is 4.99 Å². The molecule has 0 aliphatic carbocycles. The van der Waals surface area contributed by atoms with Gasteiger partial charge in [-0.25, -0.2) is 4.79 Å². The molecule has 1 heterocycles. The third-order valence-corrected chi connectivity index (χ3v) is 1.51. The van der Waals surface area contributed by atoms with Gasteiger partial charge in [-0.15, -0.1) is 0 Å². The van der Waals surface area contributed by atoms with Crippen LogP contribution in [0.15, 0.2) is 0 Å². The molecule has 4 nitrogen and oxygen atoms in total. The third-order valence-electron chi connectivity index (χ3n) is 1.15. The Hall–Kier alpha value is -0.680. The van der Waals surface area contributed by atoms with Crippen LogP contribution in [-0.2, 0) is 9.53 Å². The molecule has 5 heteroatoms. The van der Waals surface area contributed by atoms with E-state index in [0.717, 1.165) is 0 Å². The van der Waals surface area contributed by atoms with Crippen LogP contribution in [0.5, 0.6) is 0 Å². The lowest BCUT2D eigenvalue weighted by Crippen LogP contribution is -2.47. The number of aliphatic carboxylic acids is 1. The lowest BCUT2D eigenvalue weighted by atomic mass is 10.3. The summed E-state index contributed by atoms with van der Waals surface area (Å²) in [5, 5.41) is 11.2. The molecule has 0 aromatic rings. The number of rotatable bonds is 1. The highest BCUT2D eigenvalue weighted by Crippen LogP contribution is 1.98. The molecule has 10 heavy (non-hydrogen) atoms. The van der Waals surface area contributed by atoms with Crippen LogP contribution < -0.4 is 5.32 Å². The molecule has 0 saturated carbocycles. The Morgan fingerprint density at radius 3 is 3.00 bits per heavy atom. The Bertz CT molecular complexity index is 170. The fourth-order valence-corrected chi connectivity index (χ4v) is 0.974. The van der Waals surface area contributed by atoms with E-state index in [0.29, 0.717) is 13.2 Å². The summed E-state index contributed by atoms with van der Waals surface area (Å²) in [6, 6.07) is 0. The van der Waals surface area contributed by atoms with Crippen molar-refractivity contribution in [3.63, 3.8) is 0 Å². The van der Waals surface area contributed by atoms with Crippen molar-refractivity contribution in [3.8, 4) is 0 Å². The Morgan fingerprint density at radius 1 is 1.90 bits per heavy atom. The zero-order valence-corrected chi connectivity index (χ0v) is 5.98. The van der Waals surface area contributed by atoms with Crippen LogP contribution in [0.3, 0.4) is 0 Å². The summed E-state index contributed by atoms with van der Waals surface area (Å²) >= 11 is 4.69. The lowest BCUT2D eigenvalue weighted by molar-refractivity contribution is -0.146. The van der Waals surface area contributed by atoms with Gasteiger partial charge in [-0.3, -0.25) is 0 Å². The first-order valence-corrected chi connectivity index (χ1v) is 3.25. The van der Waals surface area contributed by atoms with Crippen LogP contribution in [0.25, 0.3) is 0 Å². The molecule has 0 aromatic carbocycles. The Morgan fingerprint density at radius 2 is 2.60 bits per heavy atom. The molecular formula is C5H7NO3S. The molecular weight excluding hydrogens is 154 g/mol. The van der Waals surface area contributed by atoms with Gasteiger partial charge in [-0.1, -0.05) is 12.2 Å². The highest BCUT2D eigenvalue weighted by molar-refractivity contribution is 7.80. The average Bonchev–Trinajstić information content (AvgIpc) is 1.88. The van der Waals surface area contributed by atoms with Crippen molar-refractivity contribution in [3.05, 3.63) is 0 Å². The second-order valence-electron chi connectivity index (χ2n) is 1.88. The summed E-state index contributed by atoms with van der Waals surface area (Å²) in [6.07, 6.45) is -0.941. The fourth-order valence-electron chi connectivity index (χ4n) is 0.703. The van der Waals surface area contributed by atoms with Gasteiger partial charge in [-0.05, 0) is 0 Å². The molecule has 1 unspecified atom stereocenters. The zero-order chi connectivity index (χ0) is 7.56. The highest BCUT2D eigenvalue weighted by atomic mass is 32.1. The molecule has 0 amide bonds. The third kappa shape index (κ3) is 1.43. The number of hydrogen-bond acceptors (Lipinski definition) is 3. The number of ether oxygens (including phenoxy) is 1. The van der Waals surface area contributed by atoms with Gasteiger partial charge >= 0.3 is 5.97 Å². The molecule has 1 fully saturated rings. The Balaban J connectivity index is 2.56. The maximum Gasteiger partial charge on any atom is 0.339 e. The number of hydrogen-bond donors (Lipinski definition) is 2. The van der Waals surface area contributed by atoms with Crippen LogP contribution in [0.1, 0.15) is 0 Å². The number of nitrogens with one attached hydrogen (secondary N) is 1. The fraction of sp³-hybridized carbons (Fsp3) is 0.600. The van der Waals surface area contributed by atoms with E-state index >= 15 is 0 Å². The Kier molecular flexibility index (Phi) is 2.18. The van der Waals surface area contributed by atoms with E-state index in [1.807, 2.05) is 0 Å². The first-order valence-electron chi connectivity index (χ1n) is 2.84. The quantitative estimate of drug-likeness (QED) is 0.502. The minimum absolute atomic E-state index is 0.263. The number of morpholine rings is 1. The second-order valence-corrected chi connectivity index (χ2v) is 2.32. The molecule has 2 N–H and O–H groups in total. The number of thiocarbonyl (C=S) groups is 1. The number of carboxylic acid groups (broad SMARTS) is 1. The molecule has 1 aliphatic heterocycles. The summed E-state index contributed by atoms with van der Waals surface area (Å²) < 4.78 is 4.85. The molecule has 1 aliphatic rings. The topological polar surface area (TPSA) is 58.6 Å². The van der Waals surface area contributed by atoms with Crippen LogP contribution in [-0.4, -0.2) is 35.3 Å². The van der Waals surface area contributed by atoms with Crippen LogP contribution in [0.4, 0.5) is 0 Å². The van der Waals surface area contributed by atoms with E-state index in [-0.39, 0.29) is 4.99 Å². The second kappa shape index (κ2) is 2.94. The van der Waals surface area contributed by atoms with Crippen molar-refractivity contribution in [1.29, 1.82) is 0 Å². The van der Waals surface area contributed by atoms with Gasteiger partial charge in [-0.2, -0.15) is 0 Å². The van der Waals surface area contributed by atoms with E-state index in [4.69, 9.17) is 9.84 Å². The number of carboxylic acids is 1. The largest absolute Gasteiger partial charge is 0.479 e. The smallest absolute Gasteiger partial charge is 0.339 e. The minimum atomic E-state index is -1.03. The van der Waals surface area contributed by atoms with Crippen molar-refractivity contribution >= 4 is 23.2 Å². The molecule has 0 spiro atoms. The SMILES string of the molecule is O=C(O)C1OCCNC1=S. The normalized spacial score (nSPS) is 25.6. The molecule has 0 bridgehead atoms. The number of carbonyl (C=O) groups is 1. The standard InChI is InChI=1S/C5H7NO3S/c7-5(8)3-4(10)6-1-2-9-3/h3H,1-2H2,(H,6,10)(H,7,8). The molecule has 1 rings (SSSR count). The maximum atomic E-state index is 10.3. The summed E-state index contributed by atoms with van der Waals surface area (Å²) in [7, 11) is 0.